The summed E-state index contributed by atoms with van der Waals surface area (Å²) in [5, 5.41) is 1.07. The van der Waals surface area contributed by atoms with Gasteiger partial charge in [0.15, 0.2) is 5.58 Å². The summed E-state index contributed by atoms with van der Waals surface area (Å²) in [7, 11) is 0. The average Bonchev–Trinajstić information content (AvgIpc) is 3.37. The Balaban J connectivity index is 1.91. The second-order valence-corrected chi connectivity index (χ2v) is 8.33. The van der Waals surface area contributed by atoms with Crippen molar-refractivity contribution >= 4 is 22.1 Å². The standard InChI is InChI=1S/C26H25N3O/c1-16(2)21-24(29-15-14-27-26(29)18-10-6-5-7-11-18)22(17(3)4)28-23-19-12-8-9-13-20(19)30-25(21)23/h5-17H,1-4H3. The third kappa shape index (κ3) is 2.83. The summed E-state index contributed by atoms with van der Waals surface area (Å²) in [5.41, 5.74) is 7.10. The lowest BCUT2D eigenvalue weighted by Crippen LogP contribution is -2.10. The van der Waals surface area contributed by atoms with Crippen LogP contribution in [0.3, 0.4) is 0 Å². The molecule has 0 bridgehead atoms. The van der Waals surface area contributed by atoms with Gasteiger partial charge in [0, 0.05) is 28.9 Å². The second-order valence-electron chi connectivity index (χ2n) is 8.33. The van der Waals surface area contributed by atoms with Gasteiger partial charge in [-0.05, 0) is 24.0 Å². The number of fused-ring (bicyclic) bond motifs is 3. The summed E-state index contributed by atoms with van der Waals surface area (Å²) in [4.78, 5) is 9.85. The van der Waals surface area contributed by atoms with Crippen LogP contribution in [0.4, 0.5) is 0 Å². The summed E-state index contributed by atoms with van der Waals surface area (Å²) in [6, 6.07) is 18.5. The molecule has 4 nitrogen and oxygen atoms in total. The van der Waals surface area contributed by atoms with Crippen LogP contribution in [0, 0.1) is 0 Å². The molecule has 0 unspecified atom stereocenters. The fourth-order valence-corrected chi connectivity index (χ4v) is 4.22. The van der Waals surface area contributed by atoms with E-state index < -0.39 is 0 Å². The van der Waals surface area contributed by atoms with Gasteiger partial charge in [-0.1, -0.05) is 70.2 Å². The maximum atomic E-state index is 6.37. The maximum absolute atomic E-state index is 6.37. The molecular formula is C26H25N3O. The minimum atomic E-state index is 0.251. The van der Waals surface area contributed by atoms with E-state index in [9.17, 15) is 0 Å². The molecule has 0 aliphatic rings. The van der Waals surface area contributed by atoms with Gasteiger partial charge in [0.2, 0.25) is 0 Å². The monoisotopic (exact) mass is 395 g/mol. The molecule has 0 spiro atoms. The van der Waals surface area contributed by atoms with Crippen LogP contribution >= 0.6 is 0 Å². The number of para-hydroxylation sites is 1. The number of pyridine rings is 1. The molecule has 0 N–H and O–H groups in total. The minimum Gasteiger partial charge on any atom is -0.454 e. The van der Waals surface area contributed by atoms with Crippen LogP contribution in [-0.2, 0) is 0 Å². The number of hydrogen-bond acceptors (Lipinski definition) is 3. The molecule has 2 aromatic carbocycles. The topological polar surface area (TPSA) is 43.9 Å². The number of benzene rings is 2. The van der Waals surface area contributed by atoms with Crippen LogP contribution in [-0.4, -0.2) is 14.5 Å². The number of rotatable bonds is 4. The lowest BCUT2D eigenvalue weighted by molar-refractivity contribution is 0.652. The van der Waals surface area contributed by atoms with Gasteiger partial charge in [-0.2, -0.15) is 0 Å². The fourth-order valence-electron chi connectivity index (χ4n) is 4.22. The minimum absolute atomic E-state index is 0.251. The molecule has 0 aliphatic heterocycles. The van der Waals surface area contributed by atoms with Gasteiger partial charge < -0.3 is 4.42 Å². The van der Waals surface area contributed by atoms with E-state index in [0.29, 0.717) is 0 Å². The van der Waals surface area contributed by atoms with Crippen molar-refractivity contribution in [1.82, 2.24) is 14.5 Å². The van der Waals surface area contributed by atoms with Crippen LogP contribution < -0.4 is 0 Å². The summed E-state index contributed by atoms with van der Waals surface area (Å²) >= 11 is 0. The molecule has 150 valence electrons. The predicted molar refractivity (Wildman–Crippen MR) is 122 cm³/mol. The molecule has 0 atom stereocenters. The maximum Gasteiger partial charge on any atom is 0.159 e. The number of aromatic nitrogens is 3. The van der Waals surface area contributed by atoms with Crippen LogP contribution in [0.5, 0.6) is 0 Å². The molecule has 3 heterocycles. The normalized spacial score (nSPS) is 11.9. The molecular weight excluding hydrogens is 370 g/mol. The molecule has 30 heavy (non-hydrogen) atoms. The van der Waals surface area contributed by atoms with E-state index in [-0.39, 0.29) is 11.8 Å². The number of imidazole rings is 1. The van der Waals surface area contributed by atoms with E-state index in [1.165, 1.54) is 5.56 Å². The fraction of sp³-hybridized carbons (Fsp3) is 0.231. The van der Waals surface area contributed by atoms with Crippen molar-refractivity contribution in [1.29, 1.82) is 0 Å². The molecule has 0 radical (unpaired) electrons. The first-order chi connectivity index (χ1) is 14.6. The van der Waals surface area contributed by atoms with Crippen molar-refractivity contribution in [3.8, 4) is 17.1 Å². The Hall–Kier alpha value is -3.40. The Bertz CT molecular complexity index is 1340. The summed E-state index contributed by atoms with van der Waals surface area (Å²) < 4.78 is 8.55. The molecule has 0 saturated carbocycles. The first kappa shape index (κ1) is 18.6. The highest BCUT2D eigenvalue weighted by molar-refractivity contribution is 6.04. The molecule has 0 aliphatic carbocycles. The first-order valence-corrected chi connectivity index (χ1v) is 10.5. The van der Waals surface area contributed by atoms with E-state index in [0.717, 1.165) is 44.8 Å². The zero-order valence-electron chi connectivity index (χ0n) is 17.8. The Morgan fingerprint density at radius 2 is 1.60 bits per heavy atom. The molecule has 5 aromatic rings. The third-order valence-electron chi connectivity index (χ3n) is 5.58. The van der Waals surface area contributed by atoms with E-state index in [2.05, 4.69) is 50.5 Å². The molecule has 4 heteroatoms. The van der Waals surface area contributed by atoms with E-state index in [1.54, 1.807) is 0 Å². The van der Waals surface area contributed by atoms with Crippen molar-refractivity contribution in [3.63, 3.8) is 0 Å². The predicted octanol–water partition coefficient (Wildman–Crippen LogP) is 7.08. The quantitative estimate of drug-likeness (QED) is 0.326. The Morgan fingerprint density at radius 1 is 0.867 bits per heavy atom. The zero-order chi connectivity index (χ0) is 20.8. The lowest BCUT2D eigenvalue weighted by atomic mass is 9.95. The number of furan rings is 1. The number of hydrogen-bond donors (Lipinski definition) is 0. The summed E-state index contributed by atoms with van der Waals surface area (Å²) in [6.45, 7) is 8.83. The average molecular weight is 396 g/mol. The molecule has 0 saturated heterocycles. The van der Waals surface area contributed by atoms with Crippen molar-refractivity contribution in [2.75, 3.05) is 0 Å². The van der Waals surface area contributed by atoms with Gasteiger partial charge in [-0.25, -0.2) is 9.97 Å². The molecule has 5 rings (SSSR count). The van der Waals surface area contributed by atoms with E-state index in [4.69, 9.17) is 14.4 Å². The highest BCUT2D eigenvalue weighted by Crippen LogP contribution is 2.40. The molecule has 0 amide bonds. The molecule has 0 fully saturated rings. The number of nitrogens with zero attached hydrogens (tertiary/aromatic N) is 3. The summed E-state index contributed by atoms with van der Waals surface area (Å²) in [6.07, 6.45) is 3.89. The van der Waals surface area contributed by atoms with E-state index in [1.807, 2.05) is 48.8 Å². The van der Waals surface area contributed by atoms with Crippen LogP contribution in [0.25, 0.3) is 39.1 Å². The SMILES string of the molecule is CC(C)c1nc2c(oc3ccccc32)c(C(C)C)c1-n1ccnc1-c1ccccc1. The van der Waals surface area contributed by atoms with Crippen molar-refractivity contribution in [3.05, 3.63) is 78.2 Å². The third-order valence-corrected chi connectivity index (χ3v) is 5.58. The highest BCUT2D eigenvalue weighted by Gasteiger charge is 2.26. The van der Waals surface area contributed by atoms with Crippen LogP contribution in [0.2, 0.25) is 0 Å². The summed E-state index contributed by atoms with van der Waals surface area (Å²) in [5.74, 6) is 1.42. The van der Waals surface area contributed by atoms with Gasteiger partial charge in [0.25, 0.3) is 0 Å². The van der Waals surface area contributed by atoms with Crippen molar-refractivity contribution < 1.29 is 4.42 Å². The van der Waals surface area contributed by atoms with Crippen molar-refractivity contribution in [2.24, 2.45) is 0 Å². The second kappa shape index (κ2) is 7.13. The van der Waals surface area contributed by atoms with E-state index >= 15 is 0 Å². The van der Waals surface area contributed by atoms with Crippen LogP contribution in [0.1, 0.15) is 50.8 Å². The van der Waals surface area contributed by atoms with Gasteiger partial charge in [0.1, 0.15) is 16.9 Å². The Morgan fingerprint density at radius 3 is 2.33 bits per heavy atom. The highest BCUT2D eigenvalue weighted by atomic mass is 16.3. The van der Waals surface area contributed by atoms with Gasteiger partial charge in [-0.15, -0.1) is 0 Å². The van der Waals surface area contributed by atoms with Crippen molar-refractivity contribution in [2.45, 2.75) is 39.5 Å². The van der Waals surface area contributed by atoms with Crippen LogP contribution in [0.15, 0.2) is 71.4 Å². The Kier molecular flexibility index (Phi) is 4.43. The van der Waals surface area contributed by atoms with Gasteiger partial charge >= 0.3 is 0 Å². The molecule has 3 aromatic heterocycles. The van der Waals surface area contributed by atoms with Gasteiger partial charge in [-0.3, -0.25) is 4.57 Å². The van der Waals surface area contributed by atoms with Gasteiger partial charge in [0.05, 0.1) is 11.4 Å². The Labute approximate surface area is 176 Å². The largest absolute Gasteiger partial charge is 0.454 e. The lowest BCUT2D eigenvalue weighted by Gasteiger charge is -2.21. The first-order valence-electron chi connectivity index (χ1n) is 10.5. The smallest absolute Gasteiger partial charge is 0.159 e. The zero-order valence-corrected chi connectivity index (χ0v) is 17.8.